The maximum atomic E-state index is 14.7. The third-order valence-electron chi connectivity index (χ3n) is 14.0. The van der Waals surface area contributed by atoms with Gasteiger partial charge in [0.05, 0.1) is 34.8 Å². The lowest BCUT2D eigenvalue weighted by Gasteiger charge is -2.54. The minimum atomic E-state index is -1.07. The molecule has 1 aromatic carbocycles. The number of likely N-dealkylation sites (tertiary alicyclic amines) is 2. The lowest BCUT2D eigenvalue weighted by atomic mass is 9.82. The number of methoxy groups -OCH3 is 1. The summed E-state index contributed by atoms with van der Waals surface area (Å²) in [7, 11) is 3.32. The number of likely N-dealkylation sites (N-methyl/N-ethyl adjacent to an activating group) is 1. The number of ether oxygens (including phenoxy) is 2. The molecule has 0 unspecified atom stereocenters. The number of nitrogens with one attached hydrogen (secondary N) is 2. The van der Waals surface area contributed by atoms with Crippen molar-refractivity contribution in [3.63, 3.8) is 0 Å². The number of esters is 1. The molecule has 7 heterocycles. The molecule has 4 aliphatic heterocycles. The van der Waals surface area contributed by atoms with Crippen molar-refractivity contribution in [2.24, 2.45) is 17.3 Å². The van der Waals surface area contributed by atoms with Gasteiger partial charge in [-0.15, -0.1) is 11.3 Å². The highest BCUT2D eigenvalue weighted by molar-refractivity contribution is 7.10. The van der Waals surface area contributed by atoms with Gasteiger partial charge < -0.3 is 34.1 Å². The number of thiazole rings is 1. The molecule has 16 nitrogen and oxygen atoms in total. The molecule has 3 aromatic heterocycles. The molecule has 5 amide bonds. The molecule has 4 aromatic rings. The SMILES string of the molecule is C=CC(=O)N1CC[C@@H]2[C@H](C1)CN2C(=O)N(C)[C@H](C(=O)N[C@H]1Cc2nc(cs2)-c2ccc3c(c2)c(c(-c2cccnc2[C@H](C)OC)n3CC)CC(C)(C)COC(=O)[C@@H]2CCCN(N2)C1=O)C(C)C. The number of hydrogen-bond donors (Lipinski definition) is 2. The number of fused-ring (bicyclic) bond motifs is 7. The average Bonchev–Trinajstić information content (AvgIpc) is 3.91. The Morgan fingerprint density at radius 3 is 2.64 bits per heavy atom. The maximum absolute atomic E-state index is 14.7. The van der Waals surface area contributed by atoms with Gasteiger partial charge in [-0.25, -0.2) is 15.2 Å². The number of aromatic nitrogens is 3. The number of nitrogens with zero attached hydrogens (tertiary/aromatic N) is 7. The number of benzene rings is 1. The van der Waals surface area contributed by atoms with E-state index in [9.17, 15) is 24.0 Å². The van der Waals surface area contributed by atoms with Crippen LogP contribution in [0, 0.1) is 17.3 Å². The first-order valence-electron chi connectivity index (χ1n) is 23.6. The summed E-state index contributed by atoms with van der Waals surface area (Å²) in [5.74, 6) is -1.59. The van der Waals surface area contributed by atoms with E-state index in [1.54, 1.807) is 30.2 Å². The van der Waals surface area contributed by atoms with E-state index < -0.39 is 41.3 Å². The van der Waals surface area contributed by atoms with Crippen LogP contribution in [0.15, 0.2) is 54.6 Å². The molecule has 17 heteroatoms. The van der Waals surface area contributed by atoms with Crippen molar-refractivity contribution in [3.05, 3.63) is 70.8 Å². The van der Waals surface area contributed by atoms with Gasteiger partial charge in [0.1, 0.15) is 18.1 Å². The molecule has 358 valence electrons. The molecular weight excluding hydrogens is 871 g/mol. The monoisotopic (exact) mass is 935 g/mol. The van der Waals surface area contributed by atoms with Crippen molar-refractivity contribution in [2.45, 2.75) is 110 Å². The topological polar surface area (TPSA) is 172 Å². The lowest BCUT2D eigenvalue weighted by Crippen LogP contribution is -2.68. The van der Waals surface area contributed by atoms with Crippen molar-refractivity contribution < 1.29 is 33.4 Å². The van der Waals surface area contributed by atoms with E-state index in [1.165, 1.54) is 27.3 Å². The van der Waals surface area contributed by atoms with Crippen LogP contribution in [-0.4, -0.2) is 135 Å². The van der Waals surface area contributed by atoms with Gasteiger partial charge in [0.2, 0.25) is 11.8 Å². The zero-order valence-corrected chi connectivity index (χ0v) is 40.9. The molecule has 3 saturated heterocycles. The fourth-order valence-electron chi connectivity index (χ4n) is 10.5. The first kappa shape index (κ1) is 47.8. The summed E-state index contributed by atoms with van der Waals surface area (Å²) in [5.41, 5.74) is 9.29. The number of pyridine rings is 1. The Hall–Kier alpha value is -5.65. The zero-order chi connectivity index (χ0) is 47.9. The largest absolute Gasteiger partial charge is 0.464 e. The van der Waals surface area contributed by atoms with Gasteiger partial charge >= 0.3 is 12.0 Å². The van der Waals surface area contributed by atoms with Crippen LogP contribution in [0.4, 0.5) is 4.79 Å². The summed E-state index contributed by atoms with van der Waals surface area (Å²) in [6.45, 7) is 18.4. The smallest absolute Gasteiger partial charge is 0.324 e. The van der Waals surface area contributed by atoms with Gasteiger partial charge in [0.25, 0.3) is 5.91 Å². The van der Waals surface area contributed by atoms with Crippen LogP contribution >= 0.6 is 11.3 Å². The molecule has 8 rings (SSSR count). The number of amides is 5. The number of carbonyl (C=O) groups excluding carboxylic acids is 5. The molecule has 0 aliphatic carbocycles. The van der Waals surface area contributed by atoms with Crippen LogP contribution in [0.3, 0.4) is 0 Å². The quantitative estimate of drug-likeness (QED) is 0.150. The normalized spacial score (nSPS) is 22.9. The van der Waals surface area contributed by atoms with Crippen molar-refractivity contribution >= 4 is 52.0 Å². The van der Waals surface area contributed by atoms with Gasteiger partial charge in [0, 0.05) is 104 Å². The second kappa shape index (κ2) is 19.5. The number of urea groups is 1. The Kier molecular flexibility index (Phi) is 13.9. The standard InChI is InChI=1S/C50H65N9O7S/c1-10-42(60)56-21-18-39-32(25-56)26-58(39)49(64)55(8)44(29(3)4)46(61)53-37-23-41-52-38(27-67-41)31-16-17-40-34(22-31)35(45(57(40)11-2)33-14-12-19-51-43(33)30(5)65-9)24-50(6,7)28-66-48(63)36-15-13-20-59(54-36)47(37)62/h10,12,14,16-17,19,22,27,29-30,32,36-37,39,44,54H,1,11,13,15,18,20-21,23-26,28H2,2-9H3,(H,53,61)/t30-,32+,36-,37-,39+,44-/m0/s1. The van der Waals surface area contributed by atoms with Crippen molar-refractivity contribution in [1.82, 2.24) is 45.0 Å². The number of aryl methyl sites for hydroxylation is 1. The minimum absolute atomic E-state index is 0.0299. The molecule has 6 bridgehead atoms. The van der Waals surface area contributed by atoms with E-state index in [1.807, 2.05) is 32.2 Å². The lowest BCUT2D eigenvalue weighted by molar-refractivity contribution is -0.155. The number of hydrazine groups is 1. The summed E-state index contributed by atoms with van der Waals surface area (Å²) in [6.07, 6.45) is 5.18. The number of piperidine rings is 1. The van der Waals surface area contributed by atoms with Gasteiger partial charge in [-0.2, -0.15) is 0 Å². The average molecular weight is 936 g/mol. The number of rotatable bonds is 9. The molecule has 2 N–H and O–H groups in total. The highest BCUT2D eigenvalue weighted by Gasteiger charge is 2.48. The van der Waals surface area contributed by atoms with E-state index in [0.29, 0.717) is 63.4 Å². The third kappa shape index (κ3) is 9.46. The van der Waals surface area contributed by atoms with Gasteiger partial charge in [0.15, 0.2) is 0 Å². The second-order valence-corrected chi connectivity index (χ2v) is 20.6. The molecule has 0 saturated carbocycles. The Labute approximate surface area is 397 Å². The summed E-state index contributed by atoms with van der Waals surface area (Å²) in [5, 5.41) is 8.16. The Morgan fingerprint density at radius 2 is 1.93 bits per heavy atom. The maximum Gasteiger partial charge on any atom is 0.324 e. The van der Waals surface area contributed by atoms with Crippen LogP contribution in [-0.2, 0) is 48.0 Å². The minimum Gasteiger partial charge on any atom is -0.464 e. The Balaban J connectivity index is 1.13. The Morgan fingerprint density at radius 1 is 1.13 bits per heavy atom. The van der Waals surface area contributed by atoms with Crippen LogP contribution in [0.5, 0.6) is 0 Å². The first-order chi connectivity index (χ1) is 32.0. The number of carbonyl (C=O) groups is 5. The van der Waals surface area contributed by atoms with Crippen molar-refractivity contribution in [2.75, 3.05) is 46.9 Å². The molecule has 6 atom stereocenters. The van der Waals surface area contributed by atoms with Crippen LogP contribution in [0.2, 0.25) is 0 Å². The molecule has 0 spiro atoms. The Bertz CT molecular complexity index is 2550. The third-order valence-corrected chi connectivity index (χ3v) is 14.9. The second-order valence-electron chi connectivity index (χ2n) is 19.6. The fraction of sp³-hybridized carbons (Fsp3) is 0.540. The highest BCUT2D eigenvalue weighted by Crippen LogP contribution is 2.42. The van der Waals surface area contributed by atoms with E-state index in [4.69, 9.17) is 19.4 Å². The fourth-order valence-corrected chi connectivity index (χ4v) is 11.3. The van der Waals surface area contributed by atoms with E-state index in [0.717, 1.165) is 44.7 Å². The van der Waals surface area contributed by atoms with Crippen molar-refractivity contribution in [1.29, 1.82) is 0 Å². The first-order valence-corrected chi connectivity index (χ1v) is 24.5. The summed E-state index contributed by atoms with van der Waals surface area (Å²) in [4.78, 5) is 84.4. The van der Waals surface area contributed by atoms with Crippen LogP contribution in [0.1, 0.15) is 83.2 Å². The predicted octanol–water partition coefficient (Wildman–Crippen LogP) is 6.00. The van der Waals surface area contributed by atoms with E-state index in [-0.39, 0.29) is 48.9 Å². The molecule has 3 fully saturated rings. The molecular formula is C50H65N9O7S. The summed E-state index contributed by atoms with van der Waals surface area (Å²) < 4.78 is 14.3. The molecule has 0 radical (unpaired) electrons. The van der Waals surface area contributed by atoms with Crippen LogP contribution in [0.25, 0.3) is 33.4 Å². The molecule has 67 heavy (non-hydrogen) atoms. The van der Waals surface area contributed by atoms with Crippen LogP contribution < -0.4 is 10.7 Å². The van der Waals surface area contributed by atoms with Gasteiger partial charge in [-0.1, -0.05) is 40.3 Å². The van der Waals surface area contributed by atoms with Gasteiger partial charge in [-0.05, 0) is 81.4 Å². The predicted molar refractivity (Wildman–Crippen MR) is 256 cm³/mol. The van der Waals surface area contributed by atoms with E-state index >= 15 is 0 Å². The van der Waals surface area contributed by atoms with E-state index in [2.05, 4.69) is 66.9 Å². The highest BCUT2D eigenvalue weighted by atomic mass is 32.1. The number of cyclic esters (lactones) is 1. The van der Waals surface area contributed by atoms with Gasteiger partial charge in [-0.3, -0.25) is 29.2 Å². The summed E-state index contributed by atoms with van der Waals surface area (Å²) >= 11 is 1.41. The summed E-state index contributed by atoms with van der Waals surface area (Å²) in [6, 6.07) is 7.37. The number of hydrogen-bond acceptors (Lipinski definition) is 11. The molecule has 4 aliphatic rings. The van der Waals surface area contributed by atoms with Crippen molar-refractivity contribution in [3.8, 4) is 22.5 Å². The zero-order valence-electron chi connectivity index (χ0n) is 40.0.